The van der Waals surface area contributed by atoms with Crippen LogP contribution in [0.3, 0.4) is 0 Å². The van der Waals surface area contributed by atoms with Crippen LogP contribution in [0.4, 0.5) is 0 Å². The third kappa shape index (κ3) is 4.96. The molecule has 1 aromatic carbocycles. The maximum atomic E-state index is 6.03. The number of hydrogen-bond acceptors (Lipinski definition) is 2. The molecule has 0 aromatic heterocycles. The predicted octanol–water partition coefficient (Wildman–Crippen LogP) is 3.33. The minimum Gasteiger partial charge on any atom is -0.314 e. The lowest BCUT2D eigenvalue weighted by Gasteiger charge is -2.06. The van der Waals surface area contributed by atoms with E-state index in [0.717, 1.165) is 35.2 Å². The Hall–Kier alpha value is -0.0900. The Morgan fingerprint density at radius 3 is 2.82 bits per heavy atom. The highest BCUT2D eigenvalue weighted by Crippen LogP contribution is 2.23. The lowest BCUT2D eigenvalue weighted by molar-refractivity contribution is 0.593. The first-order valence-corrected chi connectivity index (χ1v) is 7.31. The predicted molar refractivity (Wildman–Crippen MR) is 76.5 cm³/mol. The lowest BCUT2D eigenvalue weighted by Crippen LogP contribution is -2.23. The molecule has 0 heterocycles. The number of benzene rings is 1. The Bertz CT molecular complexity index is 366. The summed E-state index contributed by atoms with van der Waals surface area (Å²) >= 11 is 9.42. The SMILES string of the molecule is Clc1cc(CNCCCNC2CC2)ccc1Br. The van der Waals surface area contributed by atoms with E-state index in [1.165, 1.54) is 24.8 Å². The second-order valence-corrected chi connectivity index (χ2v) is 5.77. The summed E-state index contributed by atoms with van der Waals surface area (Å²) in [6.45, 7) is 3.06. The topological polar surface area (TPSA) is 24.1 Å². The van der Waals surface area contributed by atoms with Crippen molar-refractivity contribution in [2.45, 2.75) is 31.8 Å². The van der Waals surface area contributed by atoms with Crippen LogP contribution in [-0.4, -0.2) is 19.1 Å². The van der Waals surface area contributed by atoms with Crippen molar-refractivity contribution in [1.82, 2.24) is 10.6 Å². The molecule has 0 aliphatic heterocycles. The molecule has 0 atom stereocenters. The van der Waals surface area contributed by atoms with Gasteiger partial charge in [0.1, 0.15) is 0 Å². The minimum atomic E-state index is 0.778. The van der Waals surface area contributed by atoms with Gasteiger partial charge in [0.2, 0.25) is 0 Å². The van der Waals surface area contributed by atoms with Gasteiger partial charge in [0.05, 0.1) is 5.02 Å². The van der Waals surface area contributed by atoms with Crippen molar-refractivity contribution in [2.75, 3.05) is 13.1 Å². The average molecular weight is 318 g/mol. The third-order valence-electron chi connectivity index (χ3n) is 2.85. The van der Waals surface area contributed by atoms with E-state index in [4.69, 9.17) is 11.6 Å². The van der Waals surface area contributed by atoms with E-state index in [2.05, 4.69) is 32.6 Å². The van der Waals surface area contributed by atoms with Crippen LogP contribution in [-0.2, 0) is 6.54 Å². The third-order valence-corrected chi connectivity index (χ3v) is 4.09. The zero-order valence-corrected chi connectivity index (χ0v) is 12.1. The van der Waals surface area contributed by atoms with Crippen LogP contribution in [0.1, 0.15) is 24.8 Å². The molecule has 2 rings (SSSR count). The van der Waals surface area contributed by atoms with Crippen LogP contribution >= 0.6 is 27.5 Å². The molecular weight excluding hydrogens is 300 g/mol. The summed E-state index contributed by atoms with van der Waals surface area (Å²) in [5.74, 6) is 0. The molecule has 0 unspecified atom stereocenters. The second kappa shape index (κ2) is 6.74. The average Bonchev–Trinajstić information content (AvgIpc) is 3.12. The number of halogens is 2. The first kappa shape index (κ1) is 13.3. The Kier molecular flexibility index (Phi) is 5.29. The lowest BCUT2D eigenvalue weighted by atomic mass is 10.2. The zero-order valence-electron chi connectivity index (χ0n) is 9.81. The molecular formula is C13H18BrClN2. The number of nitrogens with one attached hydrogen (secondary N) is 2. The van der Waals surface area contributed by atoms with Crippen molar-refractivity contribution in [1.29, 1.82) is 0 Å². The minimum absolute atomic E-state index is 0.778. The van der Waals surface area contributed by atoms with Gasteiger partial charge in [-0.1, -0.05) is 17.7 Å². The Morgan fingerprint density at radius 2 is 2.12 bits per heavy atom. The van der Waals surface area contributed by atoms with Crippen LogP contribution in [0.15, 0.2) is 22.7 Å². The zero-order chi connectivity index (χ0) is 12.1. The maximum Gasteiger partial charge on any atom is 0.0551 e. The smallest absolute Gasteiger partial charge is 0.0551 e. The molecule has 94 valence electrons. The fourth-order valence-electron chi connectivity index (χ4n) is 1.69. The van der Waals surface area contributed by atoms with Crippen molar-refractivity contribution >= 4 is 27.5 Å². The molecule has 1 fully saturated rings. The maximum absolute atomic E-state index is 6.03. The highest BCUT2D eigenvalue weighted by atomic mass is 79.9. The normalized spacial score (nSPS) is 15.2. The summed E-state index contributed by atoms with van der Waals surface area (Å²) in [5.41, 5.74) is 1.23. The van der Waals surface area contributed by atoms with Crippen molar-refractivity contribution in [3.8, 4) is 0 Å². The van der Waals surface area contributed by atoms with Crippen LogP contribution in [0, 0.1) is 0 Å². The van der Waals surface area contributed by atoms with Crippen LogP contribution in [0.25, 0.3) is 0 Å². The van der Waals surface area contributed by atoms with Crippen molar-refractivity contribution in [3.63, 3.8) is 0 Å². The molecule has 0 radical (unpaired) electrons. The number of rotatable bonds is 7. The molecule has 0 saturated heterocycles. The Morgan fingerprint density at radius 1 is 1.29 bits per heavy atom. The van der Waals surface area contributed by atoms with Gasteiger partial charge in [-0.3, -0.25) is 0 Å². The molecule has 0 bridgehead atoms. The molecule has 17 heavy (non-hydrogen) atoms. The van der Waals surface area contributed by atoms with Gasteiger partial charge in [0.15, 0.2) is 0 Å². The van der Waals surface area contributed by atoms with Crippen molar-refractivity contribution < 1.29 is 0 Å². The summed E-state index contributed by atoms with van der Waals surface area (Å²) in [6.07, 6.45) is 3.91. The monoisotopic (exact) mass is 316 g/mol. The first-order valence-electron chi connectivity index (χ1n) is 6.14. The van der Waals surface area contributed by atoms with Crippen molar-refractivity contribution in [3.05, 3.63) is 33.3 Å². The fraction of sp³-hybridized carbons (Fsp3) is 0.538. The van der Waals surface area contributed by atoms with E-state index in [1.807, 2.05) is 12.1 Å². The van der Waals surface area contributed by atoms with Crippen LogP contribution in [0.5, 0.6) is 0 Å². The number of hydrogen-bond donors (Lipinski definition) is 2. The summed E-state index contributed by atoms with van der Waals surface area (Å²) < 4.78 is 0.955. The van der Waals surface area contributed by atoms with E-state index in [0.29, 0.717) is 0 Å². The van der Waals surface area contributed by atoms with Gasteiger partial charge < -0.3 is 10.6 Å². The van der Waals surface area contributed by atoms with E-state index >= 15 is 0 Å². The Labute approximate surface area is 116 Å². The van der Waals surface area contributed by atoms with Crippen molar-refractivity contribution in [2.24, 2.45) is 0 Å². The van der Waals surface area contributed by atoms with E-state index in [1.54, 1.807) is 0 Å². The summed E-state index contributed by atoms with van der Waals surface area (Å²) in [7, 11) is 0. The highest BCUT2D eigenvalue weighted by Gasteiger charge is 2.19. The van der Waals surface area contributed by atoms with Crippen LogP contribution in [0.2, 0.25) is 5.02 Å². The second-order valence-electron chi connectivity index (χ2n) is 4.51. The van der Waals surface area contributed by atoms with Gasteiger partial charge in [0, 0.05) is 17.1 Å². The van der Waals surface area contributed by atoms with Gasteiger partial charge >= 0.3 is 0 Å². The van der Waals surface area contributed by atoms with Gasteiger partial charge in [-0.15, -0.1) is 0 Å². The van der Waals surface area contributed by atoms with Crippen LogP contribution < -0.4 is 10.6 Å². The molecule has 1 aromatic rings. The standard InChI is InChI=1S/C13H18BrClN2/c14-12-5-2-10(8-13(12)15)9-16-6-1-7-17-11-3-4-11/h2,5,8,11,16-17H,1,3-4,6-7,9H2. The molecule has 2 N–H and O–H groups in total. The van der Waals surface area contributed by atoms with E-state index in [9.17, 15) is 0 Å². The highest BCUT2D eigenvalue weighted by molar-refractivity contribution is 9.10. The van der Waals surface area contributed by atoms with E-state index in [-0.39, 0.29) is 0 Å². The van der Waals surface area contributed by atoms with Gasteiger partial charge in [-0.2, -0.15) is 0 Å². The summed E-state index contributed by atoms with van der Waals surface area (Å²) in [4.78, 5) is 0. The van der Waals surface area contributed by atoms with Gasteiger partial charge in [-0.05, 0) is 66.0 Å². The quantitative estimate of drug-likeness (QED) is 0.754. The first-order chi connectivity index (χ1) is 8.25. The molecule has 4 heteroatoms. The molecule has 1 saturated carbocycles. The molecule has 2 nitrogen and oxygen atoms in total. The van der Waals surface area contributed by atoms with E-state index < -0.39 is 0 Å². The van der Waals surface area contributed by atoms with Gasteiger partial charge in [0.25, 0.3) is 0 Å². The van der Waals surface area contributed by atoms with Gasteiger partial charge in [-0.25, -0.2) is 0 Å². The molecule has 1 aliphatic rings. The molecule has 0 spiro atoms. The molecule has 1 aliphatic carbocycles. The summed E-state index contributed by atoms with van der Waals surface area (Å²) in [5, 5.41) is 7.71. The fourth-order valence-corrected chi connectivity index (χ4v) is 2.14. The Balaban J connectivity index is 1.58. The molecule has 0 amide bonds. The summed E-state index contributed by atoms with van der Waals surface area (Å²) in [6, 6.07) is 6.90. The largest absolute Gasteiger partial charge is 0.314 e.